The molecular weight excluding hydrogens is 364 g/mol. The summed E-state index contributed by atoms with van der Waals surface area (Å²) in [6.45, 7) is 3.39. The third kappa shape index (κ3) is 3.90. The fourth-order valence-electron chi connectivity index (χ4n) is 2.91. The second kappa shape index (κ2) is 8.35. The number of nitrogens with one attached hydrogen (secondary N) is 1. The quantitative estimate of drug-likeness (QED) is 0.557. The highest BCUT2D eigenvalue weighted by molar-refractivity contribution is 8.17. The first-order valence-corrected chi connectivity index (χ1v) is 10.1. The first kappa shape index (κ1) is 18.4. The number of hydrogen-bond donors (Lipinski definition) is 1. The SMILES string of the molecule is CC(=O)C1=C(C)NC(SCSc2ccccc2)=C(C#N)[C@@H]1c1ccco1. The van der Waals surface area contributed by atoms with Crippen molar-refractivity contribution in [3.8, 4) is 6.07 Å². The molecule has 26 heavy (non-hydrogen) atoms. The fourth-order valence-corrected chi connectivity index (χ4v) is 5.05. The molecule has 0 spiro atoms. The number of carbonyl (C=O) groups excluding carboxylic acids is 1. The van der Waals surface area contributed by atoms with Gasteiger partial charge in [-0.2, -0.15) is 5.26 Å². The van der Waals surface area contributed by atoms with Crippen molar-refractivity contribution in [1.29, 1.82) is 5.26 Å². The molecule has 1 N–H and O–H groups in total. The molecule has 1 aromatic heterocycles. The zero-order valence-electron chi connectivity index (χ0n) is 14.5. The second-order valence-corrected chi connectivity index (χ2v) is 8.14. The van der Waals surface area contributed by atoms with Crippen molar-refractivity contribution >= 4 is 29.3 Å². The minimum atomic E-state index is -0.460. The van der Waals surface area contributed by atoms with Crippen molar-refractivity contribution < 1.29 is 9.21 Å². The summed E-state index contributed by atoms with van der Waals surface area (Å²) in [4.78, 5) is 13.4. The summed E-state index contributed by atoms with van der Waals surface area (Å²) in [5, 5.41) is 14.6. The van der Waals surface area contributed by atoms with Crippen LogP contribution in [-0.4, -0.2) is 10.9 Å². The van der Waals surface area contributed by atoms with Crippen LogP contribution in [-0.2, 0) is 4.79 Å². The van der Waals surface area contributed by atoms with Gasteiger partial charge in [-0.05, 0) is 38.1 Å². The number of allylic oxidation sites excluding steroid dienone is 3. The average Bonchev–Trinajstić information content (AvgIpc) is 3.16. The topological polar surface area (TPSA) is 66.0 Å². The van der Waals surface area contributed by atoms with Crippen molar-refractivity contribution in [1.82, 2.24) is 5.32 Å². The number of Topliss-reactive ketones (excluding diaryl/α,β-unsaturated/α-hetero) is 1. The number of carbonyl (C=O) groups is 1. The minimum Gasteiger partial charge on any atom is -0.468 e. The smallest absolute Gasteiger partial charge is 0.158 e. The molecule has 0 bridgehead atoms. The van der Waals surface area contributed by atoms with Crippen molar-refractivity contribution in [2.75, 3.05) is 5.08 Å². The average molecular weight is 383 g/mol. The van der Waals surface area contributed by atoms with Gasteiger partial charge in [0.15, 0.2) is 5.78 Å². The van der Waals surface area contributed by atoms with E-state index >= 15 is 0 Å². The molecule has 0 radical (unpaired) electrons. The number of nitrogens with zero attached hydrogens (tertiary/aromatic N) is 1. The van der Waals surface area contributed by atoms with E-state index in [1.165, 1.54) is 11.8 Å². The maximum absolute atomic E-state index is 12.2. The zero-order chi connectivity index (χ0) is 18.5. The van der Waals surface area contributed by atoms with Crippen LogP contribution in [0.25, 0.3) is 0 Å². The van der Waals surface area contributed by atoms with Crippen molar-refractivity contribution in [3.63, 3.8) is 0 Å². The number of ketones is 1. The maximum atomic E-state index is 12.2. The van der Waals surface area contributed by atoms with Gasteiger partial charge in [-0.1, -0.05) is 30.0 Å². The van der Waals surface area contributed by atoms with Gasteiger partial charge < -0.3 is 9.73 Å². The second-order valence-electron chi connectivity index (χ2n) is 5.74. The Kier molecular flexibility index (Phi) is 5.92. The van der Waals surface area contributed by atoms with Crippen molar-refractivity contribution in [2.24, 2.45) is 0 Å². The van der Waals surface area contributed by atoms with Gasteiger partial charge in [0.1, 0.15) is 5.76 Å². The van der Waals surface area contributed by atoms with Crippen LogP contribution in [0.1, 0.15) is 25.5 Å². The summed E-state index contributed by atoms with van der Waals surface area (Å²) in [5.74, 6) is 0.0891. The van der Waals surface area contributed by atoms with E-state index in [1.807, 2.05) is 31.2 Å². The van der Waals surface area contributed by atoms with Gasteiger partial charge in [-0.25, -0.2) is 0 Å². The van der Waals surface area contributed by atoms with E-state index in [2.05, 4.69) is 23.5 Å². The molecule has 1 aliphatic rings. The van der Waals surface area contributed by atoms with E-state index in [1.54, 1.807) is 35.9 Å². The molecule has 6 heteroatoms. The van der Waals surface area contributed by atoms with E-state index in [-0.39, 0.29) is 5.78 Å². The normalized spacial score (nSPS) is 17.0. The van der Waals surface area contributed by atoms with E-state index in [0.29, 0.717) is 16.9 Å². The van der Waals surface area contributed by atoms with Gasteiger partial charge >= 0.3 is 0 Å². The predicted octanol–water partition coefficient (Wildman–Crippen LogP) is 5.05. The summed E-state index contributed by atoms with van der Waals surface area (Å²) < 4.78 is 5.54. The number of rotatable bonds is 6. The Bertz CT molecular complexity index is 894. The van der Waals surface area contributed by atoms with Crippen LogP contribution in [0.2, 0.25) is 0 Å². The van der Waals surface area contributed by atoms with Gasteiger partial charge in [0.2, 0.25) is 0 Å². The maximum Gasteiger partial charge on any atom is 0.158 e. The first-order chi connectivity index (χ1) is 12.6. The van der Waals surface area contributed by atoms with Crippen LogP contribution < -0.4 is 5.32 Å². The fraction of sp³-hybridized carbons (Fsp3) is 0.200. The molecule has 0 aliphatic carbocycles. The summed E-state index contributed by atoms with van der Waals surface area (Å²) in [6.07, 6.45) is 1.57. The van der Waals surface area contributed by atoms with E-state index < -0.39 is 5.92 Å². The Morgan fingerprint density at radius 1 is 1.23 bits per heavy atom. The molecule has 4 nitrogen and oxygen atoms in total. The van der Waals surface area contributed by atoms with Gasteiger partial charge in [-0.3, -0.25) is 4.79 Å². The molecule has 132 valence electrons. The number of nitriles is 1. The van der Waals surface area contributed by atoms with Crippen LogP contribution in [0.5, 0.6) is 0 Å². The highest BCUT2D eigenvalue weighted by Crippen LogP contribution is 2.41. The summed E-state index contributed by atoms with van der Waals surface area (Å²) in [5.41, 5.74) is 1.87. The number of dihydropyridines is 1. The third-order valence-corrected chi connectivity index (χ3v) is 6.19. The summed E-state index contributed by atoms with van der Waals surface area (Å²) >= 11 is 3.27. The lowest BCUT2D eigenvalue weighted by Crippen LogP contribution is -2.26. The first-order valence-electron chi connectivity index (χ1n) is 8.09. The number of furan rings is 1. The largest absolute Gasteiger partial charge is 0.468 e. The van der Waals surface area contributed by atoms with E-state index in [0.717, 1.165) is 15.8 Å². The summed E-state index contributed by atoms with van der Waals surface area (Å²) in [7, 11) is 0. The molecule has 3 rings (SSSR count). The van der Waals surface area contributed by atoms with Gasteiger partial charge in [0.25, 0.3) is 0 Å². The standard InChI is InChI=1S/C20H18N2O2S2/c1-13-18(14(2)23)19(17-9-6-10-24-17)16(11-21)20(22-13)26-12-25-15-7-4-3-5-8-15/h3-10,19,22H,12H2,1-2H3/t19-/m1/s1. The molecule has 2 aromatic rings. The number of thioether (sulfide) groups is 2. The van der Waals surface area contributed by atoms with Crippen LogP contribution in [0.15, 0.2) is 79.9 Å². The Morgan fingerprint density at radius 2 is 2.00 bits per heavy atom. The molecule has 0 fully saturated rings. The molecular formula is C20H18N2O2S2. The van der Waals surface area contributed by atoms with Crippen LogP contribution in [0.3, 0.4) is 0 Å². The molecule has 0 saturated heterocycles. The van der Waals surface area contributed by atoms with Crippen molar-refractivity contribution in [2.45, 2.75) is 24.7 Å². The Hall–Kier alpha value is -2.36. The number of hydrogen-bond acceptors (Lipinski definition) is 6. The summed E-state index contributed by atoms with van der Waals surface area (Å²) in [6, 6.07) is 16.0. The van der Waals surface area contributed by atoms with Gasteiger partial charge in [0.05, 0.1) is 33.9 Å². The Labute approximate surface area is 161 Å². The predicted molar refractivity (Wildman–Crippen MR) is 105 cm³/mol. The zero-order valence-corrected chi connectivity index (χ0v) is 16.1. The molecule has 0 saturated carbocycles. The molecule has 1 atom stereocenters. The lowest BCUT2D eigenvalue weighted by molar-refractivity contribution is -0.113. The monoisotopic (exact) mass is 382 g/mol. The van der Waals surface area contributed by atoms with Gasteiger partial charge in [0, 0.05) is 16.2 Å². The minimum absolute atomic E-state index is 0.0631. The van der Waals surface area contributed by atoms with Crippen LogP contribution in [0, 0.1) is 11.3 Å². The third-order valence-electron chi connectivity index (χ3n) is 4.03. The highest BCUT2D eigenvalue weighted by atomic mass is 32.2. The molecule has 0 amide bonds. The van der Waals surface area contributed by atoms with Crippen LogP contribution in [0.4, 0.5) is 0 Å². The van der Waals surface area contributed by atoms with E-state index in [4.69, 9.17) is 4.42 Å². The molecule has 0 unspecified atom stereocenters. The van der Waals surface area contributed by atoms with Gasteiger partial charge in [-0.15, -0.1) is 11.8 Å². The number of benzene rings is 1. The lowest BCUT2D eigenvalue weighted by atomic mass is 9.84. The molecule has 2 heterocycles. The van der Waals surface area contributed by atoms with E-state index in [9.17, 15) is 10.1 Å². The molecule has 1 aliphatic heterocycles. The molecule has 1 aromatic carbocycles. The lowest BCUT2D eigenvalue weighted by Gasteiger charge is -2.27. The van der Waals surface area contributed by atoms with Crippen LogP contribution >= 0.6 is 23.5 Å². The van der Waals surface area contributed by atoms with Crippen molar-refractivity contribution in [3.05, 3.63) is 76.4 Å². The Balaban J connectivity index is 1.87. The Morgan fingerprint density at radius 3 is 2.62 bits per heavy atom. The highest BCUT2D eigenvalue weighted by Gasteiger charge is 2.34.